The molecule has 0 aliphatic carbocycles. The number of amides is 1. The van der Waals surface area contributed by atoms with Gasteiger partial charge in [0.15, 0.2) is 0 Å². The van der Waals surface area contributed by atoms with Crippen LogP contribution in [0.1, 0.15) is 41.5 Å². The Hall–Kier alpha value is -2.32. The maximum Gasteiger partial charge on any atom is 0.288 e. The number of hydrogen-bond donors (Lipinski definition) is 1. The zero-order valence-electron chi connectivity index (χ0n) is 14.6. The van der Waals surface area contributed by atoms with Gasteiger partial charge in [-0.2, -0.15) is 11.3 Å². The Morgan fingerprint density at radius 3 is 2.72 bits per heavy atom. The Balaban J connectivity index is 2.16. The van der Waals surface area contributed by atoms with Gasteiger partial charge >= 0.3 is 0 Å². The van der Waals surface area contributed by atoms with Crippen molar-refractivity contribution in [1.82, 2.24) is 15.2 Å². The van der Waals surface area contributed by atoms with Gasteiger partial charge in [-0.3, -0.25) is 24.8 Å². The van der Waals surface area contributed by atoms with Crippen LogP contribution in [0.2, 0.25) is 0 Å². The first-order valence-electron chi connectivity index (χ1n) is 8.13. The molecule has 2 aromatic rings. The van der Waals surface area contributed by atoms with Crippen LogP contribution in [0.5, 0.6) is 0 Å². The second-order valence-electron chi connectivity index (χ2n) is 5.59. The SMILES string of the molecule is CCN(CC)[C@@H](CNC(=O)c1cc([N+](=O)[O-])cnc1C)c1ccsc1. The molecule has 1 atom stereocenters. The monoisotopic (exact) mass is 362 g/mol. The number of thiophene rings is 1. The molecule has 2 heterocycles. The summed E-state index contributed by atoms with van der Waals surface area (Å²) >= 11 is 1.62. The molecule has 0 saturated carbocycles. The number of carbonyl (C=O) groups is 1. The molecule has 0 bridgehead atoms. The molecule has 0 radical (unpaired) electrons. The summed E-state index contributed by atoms with van der Waals surface area (Å²) in [5.74, 6) is -0.346. The fourth-order valence-corrected chi connectivity index (χ4v) is 3.43. The van der Waals surface area contributed by atoms with E-state index in [0.717, 1.165) is 24.8 Å². The summed E-state index contributed by atoms with van der Waals surface area (Å²) < 4.78 is 0. The Morgan fingerprint density at radius 2 is 2.16 bits per heavy atom. The van der Waals surface area contributed by atoms with Gasteiger partial charge in [-0.1, -0.05) is 13.8 Å². The number of pyridine rings is 1. The van der Waals surface area contributed by atoms with Crippen LogP contribution in [-0.2, 0) is 0 Å². The number of nitrogens with one attached hydrogen (secondary N) is 1. The summed E-state index contributed by atoms with van der Waals surface area (Å²) in [4.78, 5) is 29.1. The van der Waals surface area contributed by atoms with Crippen molar-refractivity contribution in [2.45, 2.75) is 26.8 Å². The molecule has 1 amide bonds. The number of rotatable bonds is 8. The van der Waals surface area contributed by atoms with Crippen LogP contribution in [0, 0.1) is 17.0 Å². The molecule has 25 heavy (non-hydrogen) atoms. The lowest BCUT2D eigenvalue weighted by molar-refractivity contribution is -0.385. The molecule has 0 unspecified atom stereocenters. The number of nitro groups is 1. The van der Waals surface area contributed by atoms with Gasteiger partial charge in [0.1, 0.15) is 6.20 Å². The van der Waals surface area contributed by atoms with E-state index in [2.05, 4.69) is 40.5 Å². The number of aryl methyl sites for hydroxylation is 1. The highest BCUT2D eigenvalue weighted by molar-refractivity contribution is 7.07. The molecule has 2 aromatic heterocycles. The first kappa shape index (κ1) is 19.0. The van der Waals surface area contributed by atoms with Crippen LogP contribution in [0.3, 0.4) is 0 Å². The summed E-state index contributed by atoms with van der Waals surface area (Å²) in [6.45, 7) is 7.99. The molecule has 0 saturated heterocycles. The van der Waals surface area contributed by atoms with Crippen LogP contribution in [0.25, 0.3) is 0 Å². The van der Waals surface area contributed by atoms with Crippen LogP contribution in [-0.4, -0.2) is 40.3 Å². The van der Waals surface area contributed by atoms with E-state index in [1.54, 1.807) is 18.3 Å². The highest BCUT2D eigenvalue weighted by Gasteiger charge is 2.21. The van der Waals surface area contributed by atoms with Gasteiger partial charge in [0.05, 0.1) is 22.2 Å². The number of carbonyl (C=O) groups excluding carboxylic acids is 1. The van der Waals surface area contributed by atoms with Crippen LogP contribution < -0.4 is 5.32 Å². The molecule has 0 fully saturated rings. The van der Waals surface area contributed by atoms with Gasteiger partial charge in [-0.05, 0) is 42.4 Å². The molecule has 1 N–H and O–H groups in total. The Labute approximate surface area is 150 Å². The van der Waals surface area contributed by atoms with Crippen LogP contribution in [0.15, 0.2) is 29.1 Å². The van der Waals surface area contributed by atoms with E-state index in [4.69, 9.17) is 0 Å². The molecule has 0 aromatic carbocycles. The van der Waals surface area contributed by atoms with Gasteiger partial charge in [0.2, 0.25) is 0 Å². The summed E-state index contributed by atoms with van der Waals surface area (Å²) in [5, 5.41) is 17.9. The van der Waals surface area contributed by atoms with Gasteiger partial charge in [0.25, 0.3) is 11.6 Å². The molecule has 7 nitrogen and oxygen atoms in total. The third kappa shape index (κ3) is 4.61. The smallest absolute Gasteiger partial charge is 0.288 e. The number of hydrogen-bond acceptors (Lipinski definition) is 6. The zero-order chi connectivity index (χ0) is 18.4. The van der Waals surface area contributed by atoms with Crippen LogP contribution in [0.4, 0.5) is 5.69 Å². The molecular weight excluding hydrogens is 340 g/mol. The largest absolute Gasteiger partial charge is 0.350 e. The predicted octanol–water partition coefficient (Wildman–Crippen LogP) is 3.17. The van der Waals surface area contributed by atoms with E-state index in [1.807, 2.05) is 5.38 Å². The maximum absolute atomic E-state index is 12.5. The predicted molar refractivity (Wildman–Crippen MR) is 97.9 cm³/mol. The van der Waals surface area contributed by atoms with Crippen molar-refractivity contribution in [2.24, 2.45) is 0 Å². The summed E-state index contributed by atoms with van der Waals surface area (Å²) in [6, 6.07) is 3.39. The van der Waals surface area contributed by atoms with E-state index in [0.29, 0.717) is 12.2 Å². The molecule has 0 aliphatic rings. The molecule has 0 spiro atoms. The van der Waals surface area contributed by atoms with Crippen molar-refractivity contribution in [1.29, 1.82) is 0 Å². The number of aromatic nitrogens is 1. The topological polar surface area (TPSA) is 88.4 Å². The summed E-state index contributed by atoms with van der Waals surface area (Å²) in [7, 11) is 0. The van der Waals surface area contributed by atoms with Gasteiger partial charge in [-0.15, -0.1) is 0 Å². The minimum atomic E-state index is -0.548. The van der Waals surface area contributed by atoms with Crippen molar-refractivity contribution in [3.05, 3.63) is 56.0 Å². The van der Waals surface area contributed by atoms with Gasteiger partial charge < -0.3 is 5.32 Å². The quantitative estimate of drug-likeness (QED) is 0.575. The van der Waals surface area contributed by atoms with Crippen molar-refractivity contribution in [3.8, 4) is 0 Å². The van der Waals surface area contributed by atoms with Crippen LogP contribution >= 0.6 is 11.3 Å². The fraction of sp³-hybridized carbons (Fsp3) is 0.412. The molecule has 8 heteroatoms. The second kappa shape index (κ2) is 8.68. The Kier molecular flexibility index (Phi) is 6.60. The third-order valence-corrected chi connectivity index (χ3v) is 4.87. The molecule has 0 aliphatic heterocycles. The first-order chi connectivity index (χ1) is 12.0. The lowest BCUT2D eigenvalue weighted by atomic mass is 10.1. The minimum Gasteiger partial charge on any atom is -0.350 e. The average molecular weight is 362 g/mol. The lowest BCUT2D eigenvalue weighted by Gasteiger charge is -2.29. The second-order valence-corrected chi connectivity index (χ2v) is 6.37. The number of likely N-dealkylation sites (N-methyl/N-ethyl adjacent to an activating group) is 1. The highest BCUT2D eigenvalue weighted by Crippen LogP contribution is 2.22. The van der Waals surface area contributed by atoms with E-state index in [-0.39, 0.29) is 23.2 Å². The van der Waals surface area contributed by atoms with E-state index in [9.17, 15) is 14.9 Å². The minimum absolute atomic E-state index is 0.0668. The number of nitrogens with zero attached hydrogens (tertiary/aromatic N) is 3. The van der Waals surface area contributed by atoms with Crippen molar-refractivity contribution in [3.63, 3.8) is 0 Å². The average Bonchev–Trinajstić information content (AvgIpc) is 3.12. The summed E-state index contributed by atoms with van der Waals surface area (Å²) in [6.07, 6.45) is 1.16. The van der Waals surface area contributed by atoms with Crippen molar-refractivity contribution >= 4 is 22.9 Å². The third-order valence-electron chi connectivity index (χ3n) is 4.16. The Bertz CT molecular complexity index is 729. The molecule has 134 valence electrons. The first-order valence-corrected chi connectivity index (χ1v) is 9.07. The molecular formula is C17H22N4O3S. The Morgan fingerprint density at radius 1 is 1.44 bits per heavy atom. The van der Waals surface area contributed by atoms with E-state index < -0.39 is 4.92 Å². The fourth-order valence-electron chi connectivity index (χ4n) is 2.72. The van der Waals surface area contributed by atoms with E-state index >= 15 is 0 Å². The zero-order valence-corrected chi connectivity index (χ0v) is 15.4. The summed E-state index contributed by atoms with van der Waals surface area (Å²) in [5.41, 5.74) is 1.67. The van der Waals surface area contributed by atoms with Crippen molar-refractivity contribution in [2.75, 3.05) is 19.6 Å². The normalized spacial score (nSPS) is 12.2. The van der Waals surface area contributed by atoms with Gasteiger partial charge in [0, 0.05) is 12.6 Å². The molecule has 2 rings (SSSR count). The standard InChI is InChI=1S/C17H22N4O3S/c1-4-20(5-2)16(13-6-7-25-11-13)10-19-17(22)15-8-14(21(23)24)9-18-12(15)3/h6-9,11,16H,4-5,10H2,1-3H3,(H,19,22)/t16-/m0/s1. The maximum atomic E-state index is 12.5. The van der Waals surface area contributed by atoms with Gasteiger partial charge in [-0.25, -0.2) is 0 Å². The lowest BCUT2D eigenvalue weighted by Crippen LogP contribution is -2.38. The van der Waals surface area contributed by atoms with E-state index in [1.165, 1.54) is 6.07 Å². The van der Waals surface area contributed by atoms with Crippen molar-refractivity contribution < 1.29 is 9.72 Å². The highest BCUT2D eigenvalue weighted by atomic mass is 32.1.